The third-order valence-corrected chi connectivity index (χ3v) is 4.76. The smallest absolute Gasteiger partial charge is 0.210 e. The summed E-state index contributed by atoms with van der Waals surface area (Å²) < 4.78 is 11.4. The Morgan fingerprint density at radius 2 is 1.74 bits per heavy atom. The number of rotatable bonds is 7. The van der Waals surface area contributed by atoms with E-state index in [0.717, 1.165) is 24.8 Å². The minimum atomic E-state index is -0.631. The molecule has 0 heterocycles. The van der Waals surface area contributed by atoms with E-state index in [4.69, 9.17) is 15.9 Å². The van der Waals surface area contributed by atoms with Gasteiger partial charge in [-0.1, -0.05) is 43.7 Å². The maximum Gasteiger partial charge on any atom is 0.210 e. The normalized spacial score (nSPS) is 12.2. The number of terminal acetylenes is 1. The highest BCUT2D eigenvalue weighted by Gasteiger charge is 2.21. The molecule has 1 atom stereocenters. The molecule has 140 valence electrons. The zero-order valence-corrected chi connectivity index (χ0v) is 15.7. The first kappa shape index (κ1) is 18.9. The van der Waals surface area contributed by atoms with Gasteiger partial charge in [0.25, 0.3) is 0 Å². The first-order valence-electron chi connectivity index (χ1n) is 9.13. The molecule has 3 aromatic rings. The fourth-order valence-corrected chi connectivity index (χ4v) is 3.33. The predicted octanol–water partition coefficient (Wildman–Crippen LogP) is 5.12. The van der Waals surface area contributed by atoms with Crippen molar-refractivity contribution in [3.05, 3.63) is 42.0 Å². The second-order valence-electron chi connectivity index (χ2n) is 6.51. The molecule has 0 saturated heterocycles. The fourth-order valence-electron chi connectivity index (χ4n) is 3.33. The number of hydrogen-bond acceptors (Lipinski definition) is 4. The Balaban J connectivity index is 2.31. The quantitative estimate of drug-likeness (QED) is 0.264. The van der Waals surface area contributed by atoms with Crippen LogP contribution in [-0.4, -0.2) is 23.6 Å². The van der Waals surface area contributed by atoms with E-state index >= 15 is 0 Å². The number of aromatic hydroxyl groups is 2. The number of unbranched alkanes of at least 4 members (excludes halogenated alkanes) is 1. The molecule has 0 aromatic heterocycles. The Labute approximate surface area is 159 Å². The zero-order valence-electron chi connectivity index (χ0n) is 15.7. The van der Waals surface area contributed by atoms with Crippen LogP contribution < -0.4 is 4.74 Å². The van der Waals surface area contributed by atoms with Gasteiger partial charge in [-0.3, -0.25) is 0 Å². The van der Waals surface area contributed by atoms with Crippen LogP contribution in [0.1, 0.15) is 31.7 Å². The van der Waals surface area contributed by atoms with Gasteiger partial charge in [0, 0.05) is 23.3 Å². The number of hydrogen-bond donors (Lipinski definition) is 2. The van der Waals surface area contributed by atoms with E-state index in [2.05, 4.69) is 12.8 Å². The van der Waals surface area contributed by atoms with E-state index in [1.807, 2.05) is 24.3 Å². The monoisotopic (exact) mass is 364 g/mol. The number of benzene rings is 3. The van der Waals surface area contributed by atoms with E-state index in [1.165, 1.54) is 7.11 Å². The van der Waals surface area contributed by atoms with Crippen molar-refractivity contribution in [3.8, 4) is 29.6 Å². The number of aryl methyl sites for hydroxylation is 1. The highest BCUT2D eigenvalue weighted by molar-refractivity contribution is 6.12. The minimum Gasteiger partial charge on any atom is -0.507 e. The molecule has 2 N–H and O–H groups in total. The molecule has 0 aliphatic rings. The number of ether oxygens (including phenoxy) is 2. The molecule has 0 aliphatic carbocycles. The average Bonchev–Trinajstić information content (AvgIpc) is 2.70. The molecule has 3 rings (SSSR count). The van der Waals surface area contributed by atoms with Crippen molar-refractivity contribution in [3.63, 3.8) is 0 Å². The van der Waals surface area contributed by atoms with E-state index in [0.29, 0.717) is 27.3 Å². The van der Waals surface area contributed by atoms with Gasteiger partial charge < -0.3 is 19.7 Å². The molecule has 27 heavy (non-hydrogen) atoms. The fraction of sp³-hybridized carbons (Fsp3) is 0.304. The lowest BCUT2D eigenvalue weighted by atomic mass is 9.96. The van der Waals surface area contributed by atoms with Gasteiger partial charge in [0.1, 0.15) is 17.2 Å². The highest BCUT2D eigenvalue weighted by atomic mass is 16.7. The van der Waals surface area contributed by atoms with E-state index in [-0.39, 0.29) is 17.9 Å². The summed E-state index contributed by atoms with van der Waals surface area (Å²) >= 11 is 0. The summed E-state index contributed by atoms with van der Waals surface area (Å²) in [5, 5.41) is 24.0. The van der Waals surface area contributed by atoms with Gasteiger partial charge in [0.05, 0.1) is 11.8 Å². The summed E-state index contributed by atoms with van der Waals surface area (Å²) in [6, 6.07) is 11.0. The van der Waals surface area contributed by atoms with Gasteiger partial charge in [-0.2, -0.15) is 0 Å². The number of phenols is 2. The standard InChI is InChI=1S/C23H24O4/c1-4-6-10-15-13-14-18-20(23(15)27-19(26-3)9-5-2)22(25)17-12-8-7-11-16(17)21(18)24/h2,7-8,11-14,19,24-25H,4,6,9-10H2,1,3H3. The van der Waals surface area contributed by atoms with Crippen LogP contribution in [0.4, 0.5) is 0 Å². The lowest BCUT2D eigenvalue weighted by molar-refractivity contribution is -0.0482. The Kier molecular flexibility index (Phi) is 5.73. The summed E-state index contributed by atoms with van der Waals surface area (Å²) in [6.45, 7) is 2.12. The Hall–Kier alpha value is -2.90. The third kappa shape index (κ3) is 3.51. The van der Waals surface area contributed by atoms with Gasteiger partial charge in [0.15, 0.2) is 0 Å². The van der Waals surface area contributed by atoms with Crippen molar-refractivity contribution in [2.75, 3.05) is 7.11 Å². The summed E-state index contributed by atoms with van der Waals surface area (Å²) in [6.07, 6.45) is 7.87. The van der Waals surface area contributed by atoms with Crippen LogP contribution in [0.3, 0.4) is 0 Å². The predicted molar refractivity (Wildman–Crippen MR) is 108 cm³/mol. The SMILES string of the molecule is C#CCC(OC)Oc1c(CCCC)ccc2c(O)c3ccccc3c(O)c12. The van der Waals surface area contributed by atoms with Crippen molar-refractivity contribution in [1.82, 2.24) is 0 Å². The lowest BCUT2D eigenvalue weighted by Crippen LogP contribution is -2.19. The molecular weight excluding hydrogens is 340 g/mol. The molecular formula is C23H24O4. The minimum absolute atomic E-state index is 0.0855. The van der Waals surface area contributed by atoms with Crippen LogP contribution in [0.15, 0.2) is 36.4 Å². The second kappa shape index (κ2) is 8.20. The second-order valence-corrected chi connectivity index (χ2v) is 6.51. The molecule has 0 spiro atoms. The summed E-state index contributed by atoms with van der Waals surface area (Å²) in [5.41, 5.74) is 0.952. The average molecular weight is 364 g/mol. The Bertz CT molecular complexity index is 1000. The Morgan fingerprint density at radius 3 is 2.37 bits per heavy atom. The highest BCUT2D eigenvalue weighted by Crippen LogP contribution is 2.47. The zero-order chi connectivity index (χ0) is 19.4. The van der Waals surface area contributed by atoms with E-state index < -0.39 is 6.29 Å². The van der Waals surface area contributed by atoms with Crippen molar-refractivity contribution in [2.24, 2.45) is 0 Å². The van der Waals surface area contributed by atoms with Gasteiger partial charge >= 0.3 is 0 Å². The molecule has 0 saturated carbocycles. The van der Waals surface area contributed by atoms with Crippen LogP contribution in [0, 0.1) is 12.3 Å². The first-order valence-corrected chi connectivity index (χ1v) is 9.13. The van der Waals surface area contributed by atoms with Crippen LogP contribution in [0.5, 0.6) is 17.2 Å². The largest absolute Gasteiger partial charge is 0.507 e. The lowest BCUT2D eigenvalue weighted by Gasteiger charge is -2.21. The first-order chi connectivity index (χ1) is 13.1. The number of phenolic OH excluding ortho intramolecular Hbond substituents is 2. The van der Waals surface area contributed by atoms with Gasteiger partial charge in [-0.05, 0) is 24.5 Å². The van der Waals surface area contributed by atoms with Crippen LogP contribution in [0.2, 0.25) is 0 Å². The summed E-state index contributed by atoms with van der Waals surface area (Å²) in [7, 11) is 1.53. The summed E-state index contributed by atoms with van der Waals surface area (Å²) in [4.78, 5) is 0. The Morgan fingerprint density at radius 1 is 1.04 bits per heavy atom. The maximum atomic E-state index is 11.0. The van der Waals surface area contributed by atoms with Crippen LogP contribution in [0.25, 0.3) is 21.5 Å². The molecule has 0 amide bonds. The van der Waals surface area contributed by atoms with Crippen molar-refractivity contribution >= 4 is 21.5 Å². The molecule has 0 bridgehead atoms. The molecule has 0 fully saturated rings. The topological polar surface area (TPSA) is 58.9 Å². The van der Waals surface area contributed by atoms with Gasteiger partial charge in [0.2, 0.25) is 6.29 Å². The molecule has 0 radical (unpaired) electrons. The maximum absolute atomic E-state index is 11.0. The molecule has 1 unspecified atom stereocenters. The number of methoxy groups -OCH3 is 1. The van der Waals surface area contributed by atoms with Gasteiger partial charge in [-0.15, -0.1) is 12.3 Å². The van der Waals surface area contributed by atoms with E-state index in [9.17, 15) is 10.2 Å². The molecule has 4 heteroatoms. The third-order valence-electron chi connectivity index (χ3n) is 4.76. The van der Waals surface area contributed by atoms with Crippen molar-refractivity contribution < 1.29 is 19.7 Å². The molecule has 3 aromatic carbocycles. The number of fused-ring (bicyclic) bond motifs is 2. The van der Waals surface area contributed by atoms with Crippen LogP contribution in [-0.2, 0) is 11.2 Å². The summed E-state index contributed by atoms with van der Waals surface area (Å²) in [5.74, 6) is 3.27. The van der Waals surface area contributed by atoms with Gasteiger partial charge in [-0.25, -0.2) is 0 Å². The molecule has 0 aliphatic heterocycles. The van der Waals surface area contributed by atoms with Crippen molar-refractivity contribution in [2.45, 2.75) is 38.9 Å². The van der Waals surface area contributed by atoms with Crippen LogP contribution >= 0.6 is 0 Å². The van der Waals surface area contributed by atoms with E-state index in [1.54, 1.807) is 12.1 Å². The molecule has 4 nitrogen and oxygen atoms in total. The van der Waals surface area contributed by atoms with Crippen molar-refractivity contribution in [1.29, 1.82) is 0 Å².